The Balaban J connectivity index is 2.34. The van der Waals surface area contributed by atoms with Crippen LogP contribution in [0.3, 0.4) is 0 Å². The van der Waals surface area contributed by atoms with Crippen molar-refractivity contribution < 1.29 is 0 Å². The van der Waals surface area contributed by atoms with Gasteiger partial charge in [-0.05, 0) is 47.5 Å². The average Bonchev–Trinajstić information content (AvgIpc) is 2.72. The molecule has 0 saturated heterocycles. The molecule has 16 heavy (non-hydrogen) atoms. The maximum Gasteiger partial charge on any atom is 0.0888 e. The Kier molecular flexibility index (Phi) is 3.76. The molecule has 0 radical (unpaired) electrons. The van der Waals surface area contributed by atoms with E-state index in [9.17, 15) is 0 Å². The van der Waals surface area contributed by atoms with E-state index in [2.05, 4.69) is 35.8 Å². The van der Waals surface area contributed by atoms with Gasteiger partial charge in [0.1, 0.15) is 0 Å². The molecule has 0 aliphatic heterocycles. The molecule has 0 aliphatic rings. The summed E-state index contributed by atoms with van der Waals surface area (Å²) in [5, 5.41) is 0.737. The van der Waals surface area contributed by atoms with Crippen molar-refractivity contribution in [3.63, 3.8) is 0 Å². The molecule has 0 aliphatic carbocycles. The van der Waals surface area contributed by atoms with Gasteiger partial charge in [0, 0.05) is 14.6 Å². The Morgan fingerprint density at radius 2 is 1.88 bits per heavy atom. The third-order valence-corrected chi connectivity index (χ3v) is 6.26. The molecule has 2 N–H and O–H groups in total. The number of hydrogen-bond acceptors (Lipinski definition) is 3. The first-order valence-corrected chi connectivity index (χ1v) is 7.56. The Morgan fingerprint density at radius 1 is 1.25 bits per heavy atom. The van der Waals surface area contributed by atoms with Crippen LogP contribution in [0.1, 0.15) is 26.2 Å². The first-order chi connectivity index (χ1) is 7.49. The Hall–Kier alpha value is 0.130. The van der Waals surface area contributed by atoms with E-state index in [-0.39, 0.29) is 6.04 Å². The van der Waals surface area contributed by atoms with Crippen LogP contribution in [0.25, 0.3) is 0 Å². The molecule has 0 aromatic carbocycles. The van der Waals surface area contributed by atoms with Crippen LogP contribution < -0.4 is 5.73 Å². The van der Waals surface area contributed by atoms with Gasteiger partial charge in [0.25, 0.3) is 0 Å². The zero-order valence-electron chi connectivity index (χ0n) is 8.88. The number of halogens is 2. The molecule has 2 aromatic rings. The van der Waals surface area contributed by atoms with Crippen molar-refractivity contribution in [2.45, 2.75) is 19.9 Å². The lowest BCUT2D eigenvalue weighted by Gasteiger charge is -2.05. The number of thiophene rings is 2. The largest absolute Gasteiger partial charge is 0.319 e. The van der Waals surface area contributed by atoms with Crippen LogP contribution in [0, 0.1) is 13.8 Å². The maximum atomic E-state index is 6.22. The molecule has 86 valence electrons. The van der Waals surface area contributed by atoms with Crippen LogP contribution in [0.2, 0.25) is 5.02 Å². The third-order valence-electron chi connectivity index (χ3n) is 2.46. The van der Waals surface area contributed by atoms with Crippen molar-refractivity contribution in [2.24, 2.45) is 5.73 Å². The summed E-state index contributed by atoms with van der Waals surface area (Å²) in [5.74, 6) is 0. The highest BCUT2D eigenvalue weighted by Crippen LogP contribution is 2.38. The molecule has 0 bridgehead atoms. The van der Waals surface area contributed by atoms with Gasteiger partial charge in [0.2, 0.25) is 0 Å². The van der Waals surface area contributed by atoms with Crippen molar-refractivity contribution >= 4 is 50.2 Å². The van der Waals surface area contributed by atoms with E-state index < -0.39 is 0 Å². The minimum Gasteiger partial charge on any atom is -0.319 e. The van der Waals surface area contributed by atoms with Gasteiger partial charge in [0.15, 0.2) is 0 Å². The first kappa shape index (κ1) is 12.6. The SMILES string of the molecule is Cc1cc(C(N)c2cc(Cl)c(Br)s2)sc1C. The number of rotatable bonds is 2. The van der Waals surface area contributed by atoms with E-state index in [0.717, 1.165) is 13.7 Å². The average molecular weight is 337 g/mol. The molecule has 1 nitrogen and oxygen atoms in total. The molecule has 0 spiro atoms. The molecule has 0 saturated carbocycles. The molecule has 1 unspecified atom stereocenters. The predicted molar refractivity (Wildman–Crippen MR) is 76.9 cm³/mol. The summed E-state index contributed by atoms with van der Waals surface area (Å²) < 4.78 is 0.949. The standard InChI is InChI=1S/C11H11BrClNS2/c1-5-3-8(15-6(5)2)10(14)9-4-7(13)11(12)16-9/h3-4,10H,14H2,1-2H3. The van der Waals surface area contributed by atoms with Crippen LogP contribution in [-0.2, 0) is 0 Å². The van der Waals surface area contributed by atoms with Crippen molar-refractivity contribution in [1.29, 1.82) is 0 Å². The van der Waals surface area contributed by atoms with Gasteiger partial charge in [-0.15, -0.1) is 22.7 Å². The minimum absolute atomic E-state index is 0.0637. The molecule has 2 rings (SSSR count). The quantitative estimate of drug-likeness (QED) is 0.830. The highest BCUT2D eigenvalue weighted by Gasteiger charge is 2.16. The van der Waals surface area contributed by atoms with E-state index in [0.29, 0.717) is 0 Å². The highest BCUT2D eigenvalue weighted by atomic mass is 79.9. The fourth-order valence-corrected chi connectivity index (χ4v) is 4.32. The highest BCUT2D eigenvalue weighted by molar-refractivity contribution is 9.11. The smallest absolute Gasteiger partial charge is 0.0888 e. The van der Waals surface area contributed by atoms with Gasteiger partial charge < -0.3 is 5.73 Å². The predicted octanol–water partition coefficient (Wildman–Crippen LogP) is 4.89. The van der Waals surface area contributed by atoms with Crippen molar-refractivity contribution in [2.75, 3.05) is 0 Å². The Bertz CT molecular complexity index is 433. The monoisotopic (exact) mass is 335 g/mol. The number of aryl methyl sites for hydroxylation is 2. The van der Waals surface area contributed by atoms with Crippen molar-refractivity contribution in [3.05, 3.63) is 41.1 Å². The molecule has 0 fully saturated rings. The molecule has 0 amide bonds. The summed E-state index contributed by atoms with van der Waals surface area (Å²) >= 11 is 12.8. The lowest BCUT2D eigenvalue weighted by Crippen LogP contribution is -2.07. The van der Waals surface area contributed by atoms with Crippen LogP contribution in [0.5, 0.6) is 0 Å². The molecular weight excluding hydrogens is 326 g/mol. The second kappa shape index (κ2) is 4.78. The molecule has 2 aromatic heterocycles. The lowest BCUT2D eigenvalue weighted by atomic mass is 10.2. The Labute approximate surface area is 116 Å². The van der Waals surface area contributed by atoms with Crippen LogP contribution in [0.15, 0.2) is 15.9 Å². The summed E-state index contributed by atoms with van der Waals surface area (Å²) in [6, 6.07) is 4.03. The second-order valence-corrected chi connectivity index (χ2v) is 7.73. The summed E-state index contributed by atoms with van der Waals surface area (Å²) in [6.45, 7) is 4.23. The molecule has 2 heterocycles. The van der Waals surface area contributed by atoms with E-state index >= 15 is 0 Å². The summed E-state index contributed by atoms with van der Waals surface area (Å²) in [5.41, 5.74) is 7.53. The Morgan fingerprint density at radius 3 is 2.31 bits per heavy atom. The van der Waals surface area contributed by atoms with E-state index in [1.54, 1.807) is 22.7 Å². The van der Waals surface area contributed by atoms with Gasteiger partial charge >= 0.3 is 0 Å². The third kappa shape index (κ3) is 2.36. The molecule has 1 atom stereocenters. The van der Waals surface area contributed by atoms with Gasteiger partial charge in [-0.3, -0.25) is 0 Å². The zero-order valence-corrected chi connectivity index (χ0v) is 12.9. The second-order valence-electron chi connectivity index (χ2n) is 3.64. The minimum atomic E-state index is -0.0637. The fourth-order valence-electron chi connectivity index (χ4n) is 1.41. The van der Waals surface area contributed by atoms with Gasteiger partial charge in [0.05, 0.1) is 14.9 Å². The van der Waals surface area contributed by atoms with Gasteiger partial charge in [-0.2, -0.15) is 0 Å². The molecule has 5 heteroatoms. The van der Waals surface area contributed by atoms with Crippen molar-refractivity contribution in [1.82, 2.24) is 0 Å². The van der Waals surface area contributed by atoms with Crippen molar-refractivity contribution in [3.8, 4) is 0 Å². The lowest BCUT2D eigenvalue weighted by molar-refractivity contribution is 0.916. The zero-order chi connectivity index (χ0) is 11.9. The van der Waals surface area contributed by atoms with E-state index in [1.165, 1.54) is 15.3 Å². The normalized spacial score (nSPS) is 13.1. The topological polar surface area (TPSA) is 26.0 Å². The van der Waals surface area contributed by atoms with E-state index in [1.807, 2.05) is 6.07 Å². The maximum absolute atomic E-state index is 6.22. The van der Waals surface area contributed by atoms with Gasteiger partial charge in [-0.25, -0.2) is 0 Å². The van der Waals surface area contributed by atoms with E-state index in [4.69, 9.17) is 17.3 Å². The summed E-state index contributed by atoms with van der Waals surface area (Å²) in [7, 11) is 0. The van der Waals surface area contributed by atoms with Crippen LogP contribution >= 0.6 is 50.2 Å². The number of nitrogens with two attached hydrogens (primary N) is 1. The fraction of sp³-hybridized carbons (Fsp3) is 0.273. The summed E-state index contributed by atoms with van der Waals surface area (Å²) in [6.07, 6.45) is 0. The van der Waals surface area contributed by atoms with Gasteiger partial charge in [-0.1, -0.05) is 11.6 Å². The number of hydrogen-bond donors (Lipinski definition) is 1. The first-order valence-electron chi connectivity index (χ1n) is 4.76. The molecular formula is C11H11BrClNS2. The van der Waals surface area contributed by atoms with Crippen LogP contribution in [0.4, 0.5) is 0 Å². The van der Waals surface area contributed by atoms with Crippen LogP contribution in [-0.4, -0.2) is 0 Å². The summed E-state index contributed by atoms with van der Waals surface area (Å²) in [4.78, 5) is 3.62.